The molecule has 0 aromatic heterocycles. The van der Waals surface area contributed by atoms with E-state index in [1.807, 2.05) is 43.3 Å². The van der Waals surface area contributed by atoms with E-state index in [9.17, 15) is 0 Å². The van der Waals surface area contributed by atoms with Gasteiger partial charge in [-0.25, -0.2) is 0 Å². The van der Waals surface area contributed by atoms with Crippen LogP contribution in [0.4, 0.5) is 17.1 Å². The Hall–Kier alpha value is -1.19. The van der Waals surface area contributed by atoms with Crippen molar-refractivity contribution in [3.05, 3.63) is 51.5 Å². The lowest BCUT2D eigenvalue weighted by molar-refractivity contribution is 1.44. The van der Waals surface area contributed by atoms with Gasteiger partial charge in [-0.1, -0.05) is 17.7 Å². The summed E-state index contributed by atoms with van der Waals surface area (Å²) in [6.07, 6.45) is 0. The molecule has 0 radical (unpaired) electrons. The minimum Gasteiger partial charge on any atom is -0.397 e. The predicted octanol–water partition coefficient (Wildman–Crippen LogP) is 4.74. The second kappa shape index (κ2) is 4.98. The molecule has 0 aliphatic heterocycles. The SMILES string of the molecule is Cc1ccc(N)c(Nc2cc(Cl)ccc2Br)c1. The van der Waals surface area contributed by atoms with E-state index >= 15 is 0 Å². The van der Waals surface area contributed by atoms with Crippen LogP contribution < -0.4 is 11.1 Å². The first-order valence-corrected chi connectivity index (χ1v) is 6.31. The summed E-state index contributed by atoms with van der Waals surface area (Å²) in [4.78, 5) is 0. The topological polar surface area (TPSA) is 38.0 Å². The third kappa shape index (κ3) is 2.93. The van der Waals surface area contributed by atoms with Crippen LogP contribution in [0.25, 0.3) is 0 Å². The van der Waals surface area contributed by atoms with Crippen molar-refractivity contribution >= 4 is 44.6 Å². The first-order valence-electron chi connectivity index (χ1n) is 5.14. The van der Waals surface area contributed by atoms with Crippen molar-refractivity contribution in [3.63, 3.8) is 0 Å². The molecule has 0 spiro atoms. The second-order valence-corrected chi connectivity index (χ2v) is 5.13. The Morgan fingerprint density at radius 1 is 1.12 bits per heavy atom. The minimum atomic E-state index is 0.682. The van der Waals surface area contributed by atoms with Crippen molar-refractivity contribution in [3.8, 4) is 0 Å². The van der Waals surface area contributed by atoms with Gasteiger partial charge in [-0.15, -0.1) is 0 Å². The Kier molecular flexibility index (Phi) is 3.60. The van der Waals surface area contributed by atoms with Crippen LogP contribution in [-0.2, 0) is 0 Å². The molecular formula is C13H12BrClN2. The highest BCUT2D eigenvalue weighted by Gasteiger charge is 2.04. The third-order valence-corrected chi connectivity index (χ3v) is 3.33. The van der Waals surface area contributed by atoms with Gasteiger partial charge in [0.25, 0.3) is 0 Å². The lowest BCUT2D eigenvalue weighted by atomic mass is 10.2. The fraction of sp³-hybridized carbons (Fsp3) is 0.0769. The second-order valence-electron chi connectivity index (χ2n) is 3.84. The maximum Gasteiger partial charge on any atom is 0.0620 e. The molecule has 0 amide bonds. The molecule has 0 bridgehead atoms. The Morgan fingerprint density at radius 2 is 1.88 bits per heavy atom. The van der Waals surface area contributed by atoms with Crippen molar-refractivity contribution in [2.24, 2.45) is 0 Å². The van der Waals surface area contributed by atoms with E-state index in [-0.39, 0.29) is 0 Å². The van der Waals surface area contributed by atoms with Crippen LogP contribution >= 0.6 is 27.5 Å². The maximum atomic E-state index is 5.96. The van der Waals surface area contributed by atoms with Crippen LogP contribution in [0.2, 0.25) is 5.02 Å². The molecule has 0 aliphatic rings. The van der Waals surface area contributed by atoms with E-state index in [1.165, 1.54) is 0 Å². The zero-order chi connectivity index (χ0) is 12.4. The standard InChI is InChI=1S/C13H12BrClN2/c1-8-2-5-11(16)13(6-8)17-12-7-9(15)3-4-10(12)14/h2-7,17H,16H2,1H3. The predicted molar refractivity (Wildman–Crippen MR) is 78.0 cm³/mol. The van der Waals surface area contributed by atoms with Crippen molar-refractivity contribution in [1.29, 1.82) is 0 Å². The van der Waals surface area contributed by atoms with Crippen LogP contribution in [0.1, 0.15) is 5.56 Å². The van der Waals surface area contributed by atoms with Gasteiger partial charge >= 0.3 is 0 Å². The number of benzene rings is 2. The Labute approximate surface area is 114 Å². The van der Waals surface area contributed by atoms with E-state index in [4.69, 9.17) is 17.3 Å². The molecule has 0 unspecified atom stereocenters. The molecule has 0 atom stereocenters. The average Bonchev–Trinajstić information content (AvgIpc) is 2.28. The van der Waals surface area contributed by atoms with E-state index in [2.05, 4.69) is 21.2 Å². The summed E-state index contributed by atoms with van der Waals surface area (Å²) < 4.78 is 0.947. The van der Waals surface area contributed by atoms with E-state index in [0.29, 0.717) is 10.7 Å². The fourth-order valence-corrected chi connectivity index (χ4v) is 2.03. The molecular weight excluding hydrogens is 300 g/mol. The molecule has 4 heteroatoms. The maximum absolute atomic E-state index is 5.96. The van der Waals surface area contributed by atoms with Crippen LogP contribution in [0, 0.1) is 6.92 Å². The molecule has 2 rings (SSSR count). The lowest BCUT2D eigenvalue weighted by Crippen LogP contribution is -1.97. The number of hydrogen-bond acceptors (Lipinski definition) is 2. The third-order valence-electron chi connectivity index (χ3n) is 2.41. The summed E-state index contributed by atoms with van der Waals surface area (Å²) in [5.74, 6) is 0. The number of rotatable bonds is 2. The molecule has 2 nitrogen and oxygen atoms in total. The number of aryl methyl sites for hydroxylation is 1. The zero-order valence-corrected chi connectivity index (χ0v) is 11.6. The highest BCUT2D eigenvalue weighted by molar-refractivity contribution is 9.10. The number of hydrogen-bond donors (Lipinski definition) is 2. The average molecular weight is 312 g/mol. The number of nitrogen functional groups attached to an aromatic ring is 1. The van der Waals surface area contributed by atoms with Gasteiger partial charge in [0.15, 0.2) is 0 Å². The van der Waals surface area contributed by atoms with Crippen LogP contribution in [-0.4, -0.2) is 0 Å². The van der Waals surface area contributed by atoms with Gasteiger partial charge < -0.3 is 11.1 Å². The highest BCUT2D eigenvalue weighted by Crippen LogP contribution is 2.31. The van der Waals surface area contributed by atoms with Crippen LogP contribution in [0.3, 0.4) is 0 Å². The van der Waals surface area contributed by atoms with Gasteiger partial charge in [0.05, 0.1) is 17.1 Å². The van der Waals surface area contributed by atoms with Crippen molar-refractivity contribution in [1.82, 2.24) is 0 Å². The van der Waals surface area contributed by atoms with Gasteiger partial charge in [-0.05, 0) is 58.7 Å². The summed E-state index contributed by atoms with van der Waals surface area (Å²) in [5, 5.41) is 3.95. The summed E-state index contributed by atoms with van der Waals surface area (Å²) >= 11 is 9.43. The van der Waals surface area contributed by atoms with E-state index < -0.39 is 0 Å². The molecule has 0 aliphatic carbocycles. The molecule has 0 saturated heterocycles. The first-order chi connectivity index (χ1) is 8.06. The number of halogens is 2. The normalized spacial score (nSPS) is 10.3. The summed E-state index contributed by atoms with van der Waals surface area (Å²) in [5.41, 5.74) is 9.56. The summed E-state index contributed by atoms with van der Waals surface area (Å²) in [7, 11) is 0. The van der Waals surface area contributed by atoms with Gasteiger partial charge in [0.2, 0.25) is 0 Å². The van der Waals surface area contributed by atoms with Crippen molar-refractivity contribution in [2.45, 2.75) is 6.92 Å². The molecule has 0 fully saturated rings. The zero-order valence-electron chi connectivity index (χ0n) is 9.30. The Morgan fingerprint density at radius 3 is 2.65 bits per heavy atom. The molecule has 0 heterocycles. The molecule has 2 aromatic carbocycles. The molecule has 2 aromatic rings. The lowest BCUT2D eigenvalue weighted by Gasteiger charge is -2.12. The first kappa shape index (κ1) is 12.3. The molecule has 0 saturated carbocycles. The van der Waals surface area contributed by atoms with Gasteiger partial charge in [-0.2, -0.15) is 0 Å². The van der Waals surface area contributed by atoms with Gasteiger partial charge in [-0.3, -0.25) is 0 Å². The molecule has 88 valence electrons. The van der Waals surface area contributed by atoms with Gasteiger partial charge in [0, 0.05) is 9.50 Å². The molecule has 17 heavy (non-hydrogen) atoms. The van der Waals surface area contributed by atoms with Gasteiger partial charge in [0.1, 0.15) is 0 Å². The number of anilines is 3. The van der Waals surface area contributed by atoms with Crippen LogP contribution in [0.15, 0.2) is 40.9 Å². The largest absolute Gasteiger partial charge is 0.397 e. The molecule has 3 N–H and O–H groups in total. The van der Waals surface area contributed by atoms with Crippen molar-refractivity contribution in [2.75, 3.05) is 11.1 Å². The van der Waals surface area contributed by atoms with E-state index in [1.54, 1.807) is 0 Å². The summed E-state index contributed by atoms with van der Waals surface area (Å²) in [6, 6.07) is 11.5. The number of nitrogens with one attached hydrogen (secondary N) is 1. The minimum absolute atomic E-state index is 0.682. The summed E-state index contributed by atoms with van der Waals surface area (Å²) in [6.45, 7) is 2.03. The fourth-order valence-electron chi connectivity index (χ4n) is 1.52. The van der Waals surface area contributed by atoms with Crippen molar-refractivity contribution < 1.29 is 0 Å². The Bertz CT molecular complexity index is 506. The van der Waals surface area contributed by atoms with Crippen LogP contribution in [0.5, 0.6) is 0 Å². The monoisotopic (exact) mass is 310 g/mol. The smallest absolute Gasteiger partial charge is 0.0620 e. The number of nitrogens with two attached hydrogens (primary N) is 1. The quantitative estimate of drug-likeness (QED) is 0.786. The highest BCUT2D eigenvalue weighted by atomic mass is 79.9. The van der Waals surface area contributed by atoms with E-state index in [0.717, 1.165) is 21.4 Å². The Balaban J connectivity index is 2.37.